The molecule has 4 nitrogen and oxygen atoms in total. The van der Waals surface area contributed by atoms with Gasteiger partial charge in [0.05, 0.1) is 0 Å². The first kappa shape index (κ1) is 11.7. The number of nitrogens with zero attached hydrogens (tertiary/aromatic N) is 2. The van der Waals surface area contributed by atoms with Gasteiger partial charge in [0.25, 0.3) is 5.56 Å². The maximum atomic E-state index is 12.2. The summed E-state index contributed by atoms with van der Waals surface area (Å²) in [7, 11) is 0. The molecule has 0 fully saturated rings. The van der Waals surface area contributed by atoms with E-state index in [9.17, 15) is 4.79 Å². The third-order valence-corrected chi connectivity index (χ3v) is 3.49. The van der Waals surface area contributed by atoms with E-state index in [4.69, 9.17) is 0 Å². The Balaban J connectivity index is 2.45. The fraction of sp³-hybridized carbons (Fsp3) is 0.200. The number of nitrogens with one attached hydrogen (secondary N) is 1. The Bertz CT molecular complexity index is 813. The molecule has 0 atom stereocenters. The second-order valence-corrected chi connectivity index (χ2v) is 4.76. The lowest BCUT2D eigenvalue weighted by Crippen LogP contribution is -2.19. The summed E-state index contributed by atoms with van der Waals surface area (Å²) < 4.78 is 1.53. The van der Waals surface area contributed by atoms with Gasteiger partial charge in [0.2, 0.25) is 0 Å². The first-order valence-electron chi connectivity index (χ1n) is 6.23. The lowest BCUT2D eigenvalue weighted by atomic mass is 10.1. The number of H-pyrrole nitrogens is 1. The summed E-state index contributed by atoms with van der Waals surface area (Å²) in [4.78, 5) is 16.8. The Morgan fingerprint density at radius 2 is 1.79 bits per heavy atom. The molecule has 1 aromatic carbocycles. The van der Waals surface area contributed by atoms with Gasteiger partial charge in [0, 0.05) is 22.5 Å². The molecule has 0 saturated heterocycles. The van der Waals surface area contributed by atoms with Gasteiger partial charge < -0.3 is 0 Å². The summed E-state index contributed by atoms with van der Waals surface area (Å²) in [5.41, 5.74) is 5.11. The first-order valence-corrected chi connectivity index (χ1v) is 6.23. The number of aryl methyl sites for hydroxylation is 2. The van der Waals surface area contributed by atoms with Gasteiger partial charge in [0.15, 0.2) is 5.65 Å². The summed E-state index contributed by atoms with van der Waals surface area (Å²) in [6.07, 6.45) is 0. The van der Waals surface area contributed by atoms with Crippen molar-refractivity contribution in [3.63, 3.8) is 0 Å². The van der Waals surface area contributed by atoms with Crippen molar-refractivity contribution in [1.29, 1.82) is 0 Å². The Morgan fingerprint density at radius 3 is 2.47 bits per heavy atom. The highest BCUT2D eigenvalue weighted by atomic mass is 16.1. The van der Waals surface area contributed by atoms with E-state index in [1.807, 2.05) is 44.2 Å². The Kier molecular flexibility index (Phi) is 2.52. The summed E-state index contributed by atoms with van der Waals surface area (Å²) in [5, 5.41) is 3.10. The number of rotatable bonds is 1. The van der Waals surface area contributed by atoms with E-state index in [0.717, 1.165) is 22.5 Å². The van der Waals surface area contributed by atoms with Crippen LogP contribution in [0.15, 0.2) is 35.1 Å². The molecule has 0 radical (unpaired) electrons. The predicted molar refractivity (Wildman–Crippen MR) is 75.5 cm³/mol. The molecule has 96 valence electrons. The van der Waals surface area contributed by atoms with Crippen LogP contribution in [0.2, 0.25) is 0 Å². The van der Waals surface area contributed by atoms with Gasteiger partial charge in [-0.2, -0.15) is 0 Å². The van der Waals surface area contributed by atoms with Crippen LogP contribution in [-0.2, 0) is 0 Å². The smallest absolute Gasteiger partial charge is 0.275 e. The highest BCUT2D eigenvalue weighted by Crippen LogP contribution is 2.26. The Morgan fingerprint density at radius 1 is 1.11 bits per heavy atom. The van der Waals surface area contributed by atoms with Gasteiger partial charge in [-0.3, -0.25) is 9.89 Å². The summed E-state index contributed by atoms with van der Waals surface area (Å²) >= 11 is 0. The van der Waals surface area contributed by atoms with Gasteiger partial charge in [-0.15, -0.1) is 0 Å². The highest BCUT2D eigenvalue weighted by Gasteiger charge is 2.15. The van der Waals surface area contributed by atoms with Crippen molar-refractivity contribution in [1.82, 2.24) is 14.6 Å². The van der Waals surface area contributed by atoms with E-state index in [1.165, 1.54) is 4.52 Å². The summed E-state index contributed by atoms with van der Waals surface area (Å²) in [6.45, 7) is 5.63. The zero-order valence-corrected chi connectivity index (χ0v) is 11.2. The van der Waals surface area contributed by atoms with Crippen LogP contribution >= 0.6 is 0 Å². The number of fused-ring (bicyclic) bond motifs is 1. The minimum Gasteiger partial charge on any atom is -0.293 e. The van der Waals surface area contributed by atoms with Gasteiger partial charge in [-0.1, -0.05) is 30.3 Å². The van der Waals surface area contributed by atoms with Crippen molar-refractivity contribution < 1.29 is 0 Å². The molecule has 0 bridgehead atoms. The lowest BCUT2D eigenvalue weighted by molar-refractivity contribution is 0.859. The molecule has 0 aliphatic heterocycles. The lowest BCUT2D eigenvalue weighted by Gasteiger charge is -2.02. The second-order valence-electron chi connectivity index (χ2n) is 4.76. The third-order valence-electron chi connectivity index (χ3n) is 3.49. The Hall–Kier alpha value is -2.36. The fourth-order valence-electron chi connectivity index (χ4n) is 2.32. The minimum atomic E-state index is -0.0345. The molecule has 1 N–H and O–H groups in total. The van der Waals surface area contributed by atoms with Crippen LogP contribution in [0.25, 0.3) is 16.8 Å². The molecule has 4 heteroatoms. The monoisotopic (exact) mass is 253 g/mol. The van der Waals surface area contributed by atoms with Crippen molar-refractivity contribution in [3.8, 4) is 11.1 Å². The Labute approximate surface area is 110 Å². The SMILES string of the molecule is Cc1nc2c(-c3ccccc3)c(C)[nH]n2c(=O)c1C. The average molecular weight is 253 g/mol. The fourth-order valence-corrected chi connectivity index (χ4v) is 2.32. The van der Waals surface area contributed by atoms with E-state index >= 15 is 0 Å². The molecule has 0 aliphatic rings. The van der Waals surface area contributed by atoms with E-state index in [1.54, 1.807) is 6.92 Å². The first-order chi connectivity index (χ1) is 9.09. The molecule has 0 aliphatic carbocycles. The molecule has 2 heterocycles. The highest BCUT2D eigenvalue weighted by molar-refractivity contribution is 5.79. The average Bonchev–Trinajstić information content (AvgIpc) is 2.74. The van der Waals surface area contributed by atoms with E-state index < -0.39 is 0 Å². The largest absolute Gasteiger partial charge is 0.293 e. The number of aromatic nitrogens is 3. The van der Waals surface area contributed by atoms with Crippen LogP contribution < -0.4 is 5.56 Å². The van der Waals surface area contributed by atoms with Crippen molar-refractivity contribution >= 4 is 5.65 Å². The van der Waals surface area contributed by atoms with Crippen LogP contribution in [-0.4, -0.2) is 14.6 Å². The molecule has 3 aromatic rings. The van der Waals surface area contributed by atoms with Crippen LogP contribution in [0.1, 0.15) is 17.0 Å². The van der Waals surface area contributed by atoms with Crippen molar-refractivity contribution in [3.05, 3.63) is 57.6 Å². The second kappa shape index (κ2) is 4.09. The van der Waals surface area contributed by atoms with Crippen molar-refractivity contribution in [2.75, 3.05) is 0 Å². The van der Waals surface area contributed by atoms with Gasteiger partial charge in [0.1, 0.15) is 0 Å². The van der Waals surface area contributed by atoms with Crippen LogP contribution in [0.3, 0.4) is 0 Å². The number of aromatic amines is 1. The van der Waals surface area contributed by atoms with Crippen molar-refractivity contribution in [2.24, 2.45) is 0 Å². The number of hydrogen-bond donors (Lipinski definition) is 1. The number of benzene rings is 1. The van der Waals surface area contributed by atoms with Gasteiger partial charge >= 0.3 is 0 Å². The molecule has 3 rings (SSSR count). The number of hydrogen-bond acceptors (Lipinski definition) is 2. The molecule has 0 amide bonds. The normalized spacial score (nSPS) is 11.1. The molecule has 2 aromatic heterocycles. The minimum absolute atomic E-state index is 0.0345. The van der Waals surface area contributed by atoms with Gasteiger partial charge in [-0.05, 0) is 26.3 Å². The molecular weight excluding hydrogens is 238 g/mol. The van der Waals surface area contributed by atoms with Crippen LogP contribution in [0.5, 0.6) is 0 Å². The van der Waals surface area contributed by atoms with Gasteiger partial charge in [-0.25, -0.2) is 9.50 Å². The molecule has 0 unspecified atom stereocenters. The van der Waals surface area contributed by atoms with E-state index in [-0.39, 0.29) is 5.56 Å². The maximum Gasteiger partial charge on any atom is 0.275 e. The molecule has 0 spiro atoms. The maximum absolute atomic E-state index is 12.2. The van der Waals surface area contributed by atoms with Crippen LogP contribution in [0.4, 0.5) is 0 Å². The van der Waals surface area contributed by atoms with E-state index in [2.05, 4.69) is 10.1 Å². The van der Waals surface area contributed by atoms with Crippen LogP contribution in [0, 0.1) is 20.8 Å². The molecule has 0 saturated carbocycles. The summed E-state index contributed by atoms with van der Waals surface area (Å²) in [5.74, 6) is 0. The molecular formula is C15H15N3O. The standard InChI is InChI=1S/C15H15N3O/c1-9-10(2)16-14-13(12-7-5-4-6-8-12)11(3)17-18(14)15(9)19/h4-8,17H,1-3H3. The zero-order chi connectivity index (χ0) is 13.6. The third kappa shape index (κ3) is 1.68. The molecule has 19 heavy (non-hydrogen) atoms. The zero-order valence-electron chi connectivity index (χ0n) is 11.2. The topological polar surface area (TPSA) is 50.2 Å². The summed E-state index contributed by atoms with van der Waals surface area (Å²) in [6, 6.07) is 9.99. The quantitative estimate of drug-likeness (QED) is 0.724. The predicted octanol–water partition coefficient (Wildman–Crippen LogP) is 2.61. The van der Waals surface area contributed by atoms with Crippen molar-refractivity contribution in [2.45, 2.75) is 20.8 Å². The van der Waals surface area contributed by atoms with E-state index in [0.29, 0.717) is 11.2 Å².